The molecular formula is C30H25N3O. The molecule has 2 heterocycles. The first-order valence-electron chi connectivity index (χ1n) is 11.8. The summed E-state index contributed by atoms with van der Waals surface area (Å²) in [7, 11) is 0. The van der Waals surface area contributed by atoms with E-state index in [1.807, 2.05) is 36.4 Å². The molecule has 166 valence electrons. The molecular weight excluding hydrogens is 418 g/mol. The van der Waals surface area contributed by atoms with Gasteiger partial charge >= 0.3 is 0 Å². The molecule has 0 atom stereocenters. The highest BCUT2D eigenvalue weighted by Gasteiger charge is 2.15. The van der Waals surface area contributed by atoms with Gasteiger partial charge < -0.3 is 8.98 Å². The number of hydrogen-bond acceptors (Lipinski definition) is 3. The van der Waals surface area contributed by atoms with Gasteiger partial charge in [0.15, 0.2) is 0 Å². The Labute approximate surface area is 198 Å². The molecule has 4 heteroatoms. The smallest absolute Gasteiger partial charge is 0.248 e. The van der Waals surface area contributed by atoms with Crippen LogP contribution in [-0.2, 0) is 12.8 Å². The number of rotatable bonds is 5. The van der Waals surface area contributed by atoms with Crippen molar-refractivity contribution in [3.05, 3.63) is 102 Å². The van der Waals surface area contributed by atoms with Gasteiger partial charge in [0.05, 0.1) is 11.0 Å². The highest BCUT2D eigenvalue weighted by Crippen LogP contribution is 2.35. The van der Waals surface area contributed by atoms with Gasteiger partial charge in [0.25, 0.3) is 0 Å². The SMILES string of the molecule is CCc1ccc2c(c1)c1cc(CC)ccc1n2-c1cccc(-c2nnc(-c3ccccc3)o2)c1. The summed E-state index contributed by atoms with van der Waals surface area (Å²) in [6.07, 6.45) is 2.04. The first-order chi connectivity index (χ1) is 16.7. The van der Waals surface area contributed by atoms with Gasteiger partial charge in [-0.15, -0.1) is 10.2 Å². The molecule has 0 bridgehead atoms. The molecule has 0 saturated carbocycles. The molecule has 0 spiro atoms. The zero-order valence-corrected chi connectivity index (χ0v) is 19.3. The molecule has 0 amide bonds. The van der Waals surface area contributed by atoms with Gasteiger partial charge in [-0.25, -0.2) is 0 Å². The summed E-state index contributed by atoms with van der Waals surface area (Å²) in [5.74, 6) is 1.04. The van der Waals surface area contributed by atoms with E-state index in [1.165, 1.54) is 32.9 Å². The van der Waals surface area contributed by atoms with Crippen molar-refractivity contribution in [2.75, 3.05) is 0 Å². The average molecular weight is 444 g/mol. The maximum absolute atomic E-state index is 6.03. The number of hydrogen-bond donors (Lipinski definition) is 0. The van der Waals surface area contributed by atoms with Crippen molar-refractivity contribution in [1.82, 2.24) is 14.8 Å². The summed E-state index contributed by atoms with van der Waals surface area (Å²) < 4.78 is 8.37. The maximum atomic E-state index is 6.03. The van der Waals surface area contributed by atoms with Crippen LogP contribution in [0.2, 0.25) is 0 Å². The Morgan fingerprint density at radius 2 is 1.21 bits per heavy atom. The molecule has 6 rings (SSSR count). The fraction of sp³-hybridized carbons (Fsp3) is 0.133. The van der Waals surface area contributed by atoms with Gasteiger partial charge in [0.2, 0.25) is 11.8 Å². The number of aryl methyl sites for hydroxylation is 2. The third-order valence-electron chi connectivity index (χ3n) is 6.51. The van der Waals surface area contributed by atoms with Crippen LogP contribution in [0.25, 0.3) is 50.4 Å². The van der Waals surface area contributed by atoms with E-state index in [4.69, 9.17) is 4.42 Å². The normalized spacial score (nSPS) is 11.5. The number of nitrogens with zero attached hydrogens (tertiary/aromatic N) is 3. The van der Waals surface area contributed by atoms with Crippen molar-refractivity contribution in [2.24, 2.45) is 0 Å². The third-order valence-corrected chi connectivity index (χ3v) is 6.51. The zero-order chi connectivity index (χ0) is 23.1. The molecule has 34 heavy (non-hydrogen) atoms. The summed E-state index contributed by atoms with van der Waals surface area (Å²) in [4.78, 5) is 0. The molecule has 0 saturated heterocycles. The van der Waals surface area contributed by atoms with E-state index >= 15 is 0 Å². The summed E-state index contributed by atoms with van der Waals surface area (Å²) in [5.41, 5.74) is 7.99. The summed E-state index contributed by atoms with van der Waals surface area (Å²) in [5, 5.41) is 11.2. The minimum atomic E-state index is 0.517. The van der Waals surface area contributed by atoms with Gasteiger partial charge in [-0.2, -0.15) is 0 Å². The average Bonchev–Trinajstić information content (AvgIpc) is 3.52. The van der Waals surface area contributed by atoms with Crippen LogP contribution in [0.3, 0.4) is 0 Å². The monoisotopic (exact) mass is 443 g/mol. The maximum Gasteiger partial charge on any atom is 0.248 e. The van der Waals surface area contributed by atoms with Crippen LogP contribution in [0.1, 0.15) is 25.0 Å². The number of aromatic nitrogens is 3. The summed E-state index contributed by atoms with van der Waals surface area (Å²) in [6.45, 7) is 4.41. The Kier molecular flexibility index (Phi) is 4.99. The minimum Gasteiger partial charge on any atom is -0.416 e. The lowest BCUT2D eigenvalue weighted by molar-refractivity contribution is 0.584. The number of fused-ring (bicyclic) bond motifs is 3. The lowest BCUT2D eigenvalue weighted by Gasteiger charge is -2.09. The van der Waals surface area contributed by atoms with Crippen LogP contribution in [0.4, 0.5) is 0 Å². The van der Waals surface area contributed by atoms with Gasteiger partial charge in [-0.1, -0.05) is 50.2 Å². The molecule has 0 aliphatic heterocycles. The second-order valence-corrected chi connectivity index (χ2v) is 8.57. The van der Waals surface area contributed by atoms with Gasteiger partial charge in [-0.3, -0.25) is 0 Å². The third kappa shape index (κ3) is 3.39. The molecule has 4 aromatic carbocycles. The second kappa shape index (κ2) is 8.31. The molecule has 2 aromatic heterocycles. The molecule has 0 unspecified atom stereocenters. The Morgan fingerprint density at radius 1 is 0.618 bits per heavy atom. The second-order valence-electron chi connectivity index (χ2n) is 8.57. The number of benzene rings is 4. The Morgan fingerprint density at radius 3 is 1.82 bits per heavy atom. The molecule has 0 aliphatic carbocycles. The van der Waals surface area contributed by atoms with Crippen molar-refractivity contribution in [2.45, 2.75) is 26.7 Å². The van der Waals surface area contributed by atoms with Gasteiger partial charge in [-0.05, 0) is 78.6 Å². The van der Waals surface area contributed by atoms with Crippen molar-refractivity contribution >= 4 is 21.8 Å². The first kappa shape index (κ1) is 20.4. The Hall–Kier alpha value is -4.18. The fourth-order valence-corrected chi connectivity index (χ4v) is 4.65. The summed E-state index contributed by atoms with van der Waals surface area (Å²) in [6, 6.07) is 31.8. The summed E-state index contributed by atoms with van der Waals surface area (Å²) >= 11 is 0. The van der Waals surface area contributed by atoms with Crippen molar-refractivity contribution < 1.29 is 4.42 Å². The van der Waals surface area contributed by atoms with E-state index in [0.717, 1.165) is 29.7 Å². The van der Waals surface area contributed by atoms with Crippen molar-refractivity contribution in [1.29, 1.82) is 0 Å². The standard InChI is InChI=1S/C30H25N3O/c1-3-20-13-15-27-25(17-20)26-18-21(4-2)14-16-28(26)33(27)24-12-8-11-23(19-24)30-32-31-29(34-30)22-9-6-5-7-10-22/h5-19H,3-4H2,1-2H3. The molecule has 4 nitrogen and oxygen atoms in total. The highest BCUT2D eigenvalue weighted by molar-refractivity contribution is 6.09. The molecule has 6 aromatic rings. The topological polar surface area (TPSA) is 43.9 Å². The van der Waals surface area contributed by atoms with Crippen LogP contribution in [0.15, 0.2) is 95.4 Å². The largest absolute Gasteiger partial charge is 0.416 e. The van der Waals surface area contributed by atoms with E-state index in [2.05, 4.69) is 83.2 Å². The van der Waals surface area contributed by atoms with E-state index in [9.17, 15) is 0 Å². The molecule has 0 fully saturated rings. The molecule has 0 N–H and O–H groups in total. The zero-order valence-electron chi connectivity index (χ0n) is 19.3. The van der Waals surface area contributed by atoms with Crippen LogP contribution in [-0.4, -0.2) is 14.8 Å². The Balaban J connectivity index is 1.52. The molecule has 0 radical (unpaired) electrons. The van der Waals surface area contributed by atoms with Crippen LogP contribution < -0.4 is 0 Å². The quantitative estimate of drug-likeness (QED) is 0.275. The van der Waals surface area contributed by atoms with Crippen LogP contribution in [0, 0.1) is 0 Å². The lowest BCUT2D eigenvalue weighted by atomic mass is 10.1. The van der Waals surface area contributed by atoms with E-state index in [-0.39, 0.29) is 0 Å². The van der Waals surface area contributed by atoms with E-state index in [0.29, 0.717) is 11.8 Å². The first-order valence-corrected chi connectivity index (χ1v) is 11.8. The van der Waals surface area contributed by atoms with E-state index < -0.39 is 0 Å². The van der Waals surface area contributed by atoms with Crippen molar-refractivity contribution in [3.8, 4) is 28.6 Å². The van der Waals surface area contributed by atoms with Crippen LogP contribution in [0.5, 0.6) is 0 Å². The minimum absolute atomic E-state index is 0.517. The van der Waals surface area contributed by atoms with E-state index in [1.54, 1.807) is 0 Å². The van der Waals surface area contributed by atoms with Crippen LogP contribution >= 0.6 is 0 Å². The predicted octanol–water partition coefficient (Wildman–Crippen LogP) is 7.63. The molecule has 0 aliphatic rings. The Bertz CT molecular complexity index is 1560. The van der Waals surface area contributed by atoms with Gasteiger partial charge in [0, 0.05) is 27.6 Å². The highest BCUT2D eigenvalue weighted by atomic mass is 16.4. The van der Waals surface area contributed by atoms with Crippen molar-refractivity contribution in [3.63, 3.8) is 0 Å². The lowest BCUT2D eigenvalue weighted by Crippen LogP contribution is -1.94. The predicted molar refractivity (Wildman–Crippen MR) is 138 cm³/mol. The fourth-order valence-electron chi connectivity index (χ4n) is 4.65. The van der Waals surface area contributed by atoms with Gasteiger partial charge in [0.1, 0.15) is 0 Å².